The molecule has 0 radical (unpaired) electrons. The zero-order valence-corrected chi connectivity index (χ0v) is 12.2. The van der Waals surface area contributed by atoms with Crippen LogP contribution in [0, 0.1) is 0 Å². The van der Waals surface area contributed by atoms with Crippen LogP contribution in [0.5, 0.6) is 0 Å². The summed E-state index contributed by atoms with van der Waals surface area (Å²) in [6.07, 6.45) is 1.04. The summed E-state index contributed by atoms with van der Waals surface area (Å²) in [4.78, 5) is 26.4. The van der Waals surface area contributed by atoms with E-state index in [0.717, 1.165) is 13.0 Å². The van der Waals surface area contributed by atoms with E-state index < -0.39 is 0 Å². The van der Waals surface area contributed by atoms with E-state index in [2.05, 4.69) is 17.4 Å². The Hall–Kier alpha value is -2.46. The van der Waals surface area contributed by atoms with Gasteiger partial charge in [0.25, 0.3) is 11.8 Å². The normalized spacial score (nSPS) is 20.0. The van der Waals surface area contributed by atoms with Crippen molar-refractivity contribution in [3.63, 3.8) is 0 Å². The molecule has 4 heteroatoms. The van der Waals surface area contributed by atoms with E-state index in [1.54, 1.807) is 24.3 Å². The highest BCUT2D eigenvalue weighted by Crippen LogP contribution is 2.26. The van der Waals surface area contributed by atoms with Crippen molar-refractivity contribution in [2.24, 2.45) is 0 Å². The molecule has 2 aromatic rings. The standard InChI is InChI=1S/C18H16N2O2/c21-17-14-7-3-4-8-15(14)18(22)20(17)11-16-13-6-2-1-5-12(13)9-10-19-16/h1-8,16,19H,9-11H2/p+1. The number of hydrogen-bond acceptors (Lipinski definition) is 2. The third kappa shape index (κ3) is 1.96. The number of quaternary nitrogens is 1. The molecule has 110 valence electrons. The molecule has 0 saturated carbocycles. The van der Waals surface area contributed by atoms with Crippen molar-refractivity contribution in [1.82, 2.24) is 4.90 Å². The summed E-state index contributed by atoms with van der Waals surface area (Å²) in [5, 5.41) is 2.23. The molecule has 4 rings (SSSR count). The van der Waals surface area contributed by atoms with E-state index in [-0.39, 0.29) is 17.9 Å². The Balaban J connectivity index is 1.64. The third-order valence-corrected chi connectivity index (χ3v) is 4.58. The Bertz CT molecular complexity index is 734. The largest absolute Gasteiger partial charge is 0.338 e. The van der Waals surface area contributed by atoms with Crippen LogP contribution in [0.25, 0.3) is 0 Å². The maximum atomic E-state index is 12.5. The molecule has 0 aliphatic carbocycles. The number of fused-ring (bicyclic) bond motifs is 2. The lowest BCUT2D eigenvalue weighted by Gasteiger charge is -2.26. The molecule has 2 aliphatic heterocycles. The molecule has 1 atom stereocenters. The smallest absolute Gasteiger partial charge is 0.261 e. The fourth-order valence-corrected chi connectivity index (χ4v) is 3.47. The number of nitrogens with zero attached hydrogens (tertiary/aromatic N) is 1. The highest BCUT2D eigenvalue weighted by atomic mass is 16.2. The fraction of sp³-hybridized carbons (Fsp3) is 0.222. The number of amides is 2. The van der Waals surface area contributed by atoms with Crippen molar-refractivity contribution in [1.29, 1.82) is 0 Å². The third-order valence-electron chi connectivity index (χ3n) is 4.58. The van der Waals surface area contributed by atoms with Crippen molar-refractivity contribution in [2.75, 3.05) is 13.1 Å². The molecule has 2 heterocycles. The molecule has 22 heavy (non-hydrogen) atoms. The van der Waals surface area contributed by atoms with Gasteiger partial charge in [-0.3, -0.25) is 14.5 Å². The second-order valence-corrected chi connectivity index (χ2v) is 5.85. The molecule has 0 saturated heterocycles. The van der Waals surface area contributed by atoms with Gasteiger partial charge in [-0.2, -0.15) is 0 Å². The van der Waals surface area contributed by atoms with Crippen molar-refractivity contribution < 1.29 is 14.9 Å². The number of hydrogen-bond donors (Lipinski definition) is 1. The molecule has 2 amide bonds. The van der Waals surface area contributed by atoms with Crippen LogP contribution >= 0.6 is 0 Å². The Morgan fingerprint density at radius 3 is 2.32 bits per heavy atom. The Labute approximate surface area is 128 Å². The number of rotatable bonds is 2. The molecule has 0 aromatic heterocycles. The molecule has 0 fully saturated rings. The average Bonchev–Trinajstić information content (AvgIpc) is 2.81. The second-order valence-electron chi connectivity index (χ2n) is 5.85. The van der Waals surface area contributed by atoms with Crippen LogP contribution in [0.1, 0.15) is 37.9 Å². The number of benzene rings is 2. The van der Waals surface area contributed by atoms with E-state index >= 15 is 0 Å². The van der Waals surface area contributed by atoms with E-state index in [0.29, 0.717) is 17.7 Å². The van der Waals surface area contributed by atoms with Gasteiger partial charge in [-0.25, -0.2) is 0 Å². The van der Waals surface area contributed by atoms with E-state index in [9.17, 15) is 9.59 Å². The maximum absolute atomic E-state index is 12.5. The minimum Gasteiger partial charge on any atom is -0.338 e. The van der Waals surface area contributed by atoms with Crippen LogP contribution in [-0.2, 0) is 6.42 Å². The predicted octanol–water partition coefficient (Wildman–Crippen LogP) is 1.14. The highest BCUT2D eigenvalue weighted by Gasteiger charge is 2.38. The lowest BCUT2D eigenvalue weighted by atomic mass is 9.94. The first-order valence-electron chi connectivity index (χ1n) is 7.62. The molecule has 0 bridgehead atoms. The van der Waals surface area contributed by atoms with Gasteiger partial charge in [0.05, 0.1) is 24.2 Å². The summed E-state index contributed by atoms with van der Waals surface area (Å²) in [6, 6.07) is 15.5. The van der Waals surface area contributed by atoms with Gasteiger partial charge >= 0.3 is 0 Å². The van der Waals surface area contributed by atoms with Gasteiger partial charge in [-0.1, -0.05) is 36.4 Å². The Morgan fingerprint density at radius 2 is 1.59 bits per heavy atom. The molecule has 4 nitrogen and oxygen atoms in total. The maximum Gasteiger partial charge on any atom is 0.261 e. The summed E-state index contributed by atoms with van der Waals surface area (Å²) in [7, 11) is 0. The molecular weight excluding hydrogens is 276 g/mol. The Kier molecular flexibility index (Phi) is 3.05. The van der Waals surface area contributed by atoms with Crippen LogP contribution in [0.15, 0.2) is 48.5 Å². The van der Waals surface area contributed by atoms with Crippen LogP contribution in [0.4, 0.5) is 0 Å². The highest BCUT2D eigenvalue weighted by molar-refractivity contribution is 6.21. The first-order chi connectivity index (χ1) is 10.8. The summed E-state index contributed by atoms with van der Waals surface area (Å²) >= 11 is 0. The number of imide groups is 1. The minimum absolute atomic E-state index is 0.132. The molecule has 2 N–H and O–H groups in total. The number of carbonyl (C=O) groups excluding carboxylic acids is 2. The van der Waals surface area contributed by atoms with Crippen molar-refractivity contribution in [2.45, 2.75) is 12.5 Å². The first-order valence-corrected chi connectivity index (χ1v) is 7.62. The van der Waals surface area contributed by atoms with Crippen molar-refractivity contribution >= 4 is 11.8 Å². The van der Waals surface area contributed by atoms with Crippen LogP contribution in [0.2, 0.25) is 0 Å². The molecule has 0 spiro atoms. The second kappa shape index (κ2) is 5.07. The van der Waals surface area contributed by atoms with Gasteiger partial charge in [0, 0.05) is 12.0 Å². The lowest BCUT2D eigenvalue weighted by molar-refractivity contribution is -0.698. The zero-order valence-electron chi connectivity index (χ0n) is 12.2. The van der Waals surface area contributed by atoms with Crippen LogP contribution in [0.3, 0.4) is 0 Å². The molecule has 2 aromatic carbocycles. The van der Waals surface area contributed by atoms with Gasteiger partial charge in [0.15, 0.2) is 0 Å². The topological polar surface area (TPSA) is 54.0 Å². The van der Waals surface area contributed by atoms with E-state index in [1.807, 2.05) is 12.1 Å². The number of carbonyl (C=O) groups is 2. The monoisotopic (exact) mass is 293 g/mol. The van der Waals surface area contributed by atoms with E-state index in [4.69, 9.17) is 0 Å². The van der Waals surface area contributed by atoms with Crippen LogP contribution in [-0.4, -0.2) is 29.8 Å². The van der Waals surface area contributed by atoms with E-state index in [1.165, 1.54) is 16.0 Å². The summed E-state index contributed by atoms with van der Waals surface area (Å²) in [6.45, 7) is 1.42. The average molecular weight is 293 g/mol. The summed E-state index contributed by atoms with van der Waals surface area (Å²) in [5.41, 5.74) is 3.62. The van der Waals surface area contributed by atoms with Gasteiger partial charge in [-0.15, -0.1) is 0 Å². The lowest BCUT2D eigenvalue weighted by Crippen LogP contribution is -2.88. The van der Waals surface area contributed by atoms with Crippen LogP contribution < -0.4 is 5.32 Å². The minimum atomic E-state index is -0.169. The van der Waals surface area contributed by atoms with Gasteiger partial charge in [-0.05, 0) is 17.7 Å². The summed E-state index contributed by atoms with van der Waals surface area (Å²) < 4.78 is 0. The molecule has 2 aliphatic rings. The van der Waals surface area contributed by atoms with Gasteiger partial charge < -0.3 is 5.32 Å². The zero-order chi connectivity index (χ0) is 15.1. The van der Waals surface area contributed by atoms with Crippen molar-refractivity contribution in [3.8, 4) is 0 Å². The fourth-order valence-electron chi connectivity index (χ4n) is 3.47. The van der Waals surface area contributed by atoms with Gasteiger partial charge in [0.2, 0.25) is 0 Å². The van der Waals surface area contributed by atoms with Gasteiger partial charge in [0.1, 0.15) is 6.04 Å². The molecule has 1 unspecified atom stereocenters. The van der Waals surface area contributed by atoms with Crippen molar-refractivity contribution in [3.05, 3.63) is 70.8 Å². The SMILES string of the molecule is O=C1c2ccccc2C(=O)N1CC1[NH2+]CCc2ccccc21. The summed E-state index contributed by atoms with van der Waals surface area (Å²) in [5.74, 6) is -0.339. The first kappa shape index (κ1) is 13.2. The number of nitrogens with two attached hydrogens (primary N) is 1. The quantitative estimate of drug-likeness (QED) is 0.844. The predicted molar refractivity (Wildman–Crippen MR) is 81.5 cm³/mol. The molecular formula is C18H17N2O2+. The Morgan fingerprint density at radius 1 is 0.955 bits per heavy atom.